The Labute approximate surface area is 178 Å². The average Bonchev–Trinajstić information content (AvgIpc) is 3.04. The van der Waals surface area contributed by atoms with Gasteiger partial charge in [-0.3, -0.25) is 10.1 Å². The van der Waals surface area contributed by atoms with Crippen molar-refractivity contribution in [2.45, 2.75) is 13.5 Å². The van der Waals surface area contributed by atoms with Gasteiger partial charge in [-0.2, -0.15) is 5.26 Å². The summed E-state index contributed by atoms with van der Waals surface area (Å²) in [6.07, 6.45) is 1.79. The van der Waals surface area contributed by atoms with Gasteiger partial charge in [-0.05, 0) is 42.8 Å². The highest BCUT2D eigenvalue weighted by atomic mass is 19.1. The number of hydrogen-bond acceptors (Lipinski definition) is 3. The SMILES string of the molecule is Cc1c(/C=C(/C#N)c2ccc([N+](=O)[O-])cc2)c2ccccc2n1Cc1ccccc1F. The minimum absolute atomic E-state index is 0.0290. The third-order valence-corrected chi connectivity index (χ3v) is 5.36. The lowest BCUT2D eigenvalue weighted by molar-refractivity contribution is -0.384. The normalized spacial score (nSPS) is 11.5. The van der Waals surface area contributed by atoms with Crippen molar-refractivity contribution in [1.29, 1.82) is 5.26 Å². The van der Waals surface area contributed by atoms with E-state index in [1.165, 1.54) is 18.2 Å². The molecule has 1 heterocycles. The van der Waals surface area contributed by atoms with Gasteiger partial charge in [-0.1, -0.05) is 36.4 Å². The van der Waals surface area contributed by atoms with Gasteiger partial charge in [0, 0.05) is 39.9 Å². The fraction of sp³-hybridized carbons (Fsp3) is 0.0800. The molecule has 0 unspecified atom stereocenters. The molecule has 5 nitrogen and oxygen atoms in total. The van der Waals surface area contributed by atoms with E-state index in [4.69, 9.17) is 0 Å². The van der Waals surface area contributed by atoms with Gasteiger partial charge in [0.05, 0.1) is 23.1 Å². The third-order valence-electron chi connectivity index (χ3n) is 5.36. The molecule has 0 spiro atoms. The molecule has 4 rings (SSSR count). The number of fused-ring (bicyclic) bond motifs is 1. The van der Waals surface area contributed by atoms with Gasteiger partial charge in [-0.15, -0.1) is 0 Å². The number of allylic oxidation sites excluding steroid dienone is 1. The Balaban J connectivity index is 1.84. The number of para-hydroxylation sites is 1. The standard InChI is InChI=1S/C25H18FN3O2/c1-17-23(14-20(15-27)18-10-12-21(13-11-18)29(30)31)22-7-3-5-9-25(22)28(17)16-19-6-2-4-8-24(19)26/h2-14H,16H2,1H3/b20-14-. The molecule has 0 bridgehead atoms. The van der Waals surface area contributed by atoms with Crippen LogP contribution in [0.15, 0.2) is 72.8 Å². The molecule has 0 amide bonds. The van der Waals surface area contributed by atoms with Crippen molar-refractivity contribution < 1.29 is 9.31 Å². The first-order chi connectivity index (χ1) is 15.0. The zero-order valence-corrected chi connectivity index (χ0v) is 16.7. The molecule has 31 heavy (non-hydrogen) atoms. The van der Waals surface area contributed by atoms with Crippen LogP contribution in [-0.2, 0) is 6.54 Å². The summed E-state index contributed by atoms with van der Waals surface area (Å²) in [5, 5.41) is 21.6. The number of nitro benzene ring substituents is 1. The first-order valence-corrected chi connectivity index (χ1v) is 9.67. The molecule has 0 aliphatic rings. The molecule has 1 aromatic heterocycles. The summed E-state index contributed by atoms with van der Waals surface area (Å²) in [6, 6.07) is 22.6. The molecular weight excluding hydrogens is 393 g/mol. The summed E-state index contributed by atoms with van der Waals surface area (Å²) in [5.74, 6) is -0.264. The van der Waals surface area contributed by atoms with Crippen molar-refractivity contribution in [3.05, 3.63) is 111 Å². The Hall–Kier alpha value is -4.24. The van der Waals surface area contributed by atoms with E-state index in [0.29, 0.717) is 23.2 Å². The Bertz CT molecular complexity index is 1360. The van der Waals surface area contributed by atoms with Crippen molar-refractivity contribution >= 4 is 28.2 Å². The fourth-order valence-corrected chi connectivity index (χ4v) is 3.73. The van der Waals surface area contributed by atoms with E-state index >= 15 is 0 Å². The molecule has 0 radical (unpaired) electrons. The largest absolute Gasteiger partial charge is 0.340 e. The van der Waals surface area contributed by atoms with Crippen LogP contribution in [0.25, 0.3) is 22.6 Å². The van der Waals surface area contributed by atoms with Crippen LogP contribution in [0.5, 0.6) is 0 Å². The number of nitrogens with zero attached hydrogens (tertiary/aromatic N) is 3. The van der Waals surface area contributed by atoms with E-state index in [2.05, 4.69) is 6.07 Å². The lowest BCUT2D eigenvalue weighted by atomic mass is 10.0. The molecule has 6 heteroatoms. The summed E-state index contributed by atoms with van der Waals surface area (Å²) in [7, 11) is 0. The molecule has 0 aliphatic heterocycles. The Morgan fingerprint density at radius 2 is 1.77 bits per heavy atom. The smallest absolute Gasteiger partial charge is 0.269 e. The molecule has 3 aromatic carbocycles. The monoisotopic (exact) mass is 411 g/mol. The van der Waals surface area contributed by atoms with E-state index in [1.54, 1.807) is 30.3 Å². The summed E-state index contributed by atoms with van der Waals surface area (Å²) < 4.78 is 16.3. The highest BCUT2D eigenvalue weighted by Crippen LogP contribution is 2.31. The predicted molar refractivity (Wildman–Crippen MR) is 119 cm³/mol. The van der Waals surface area contributed by atoms with Gasteiger partial charge in [0.15, 0.2) is 0 Å². The maximum atomic E-state index is 14.3. The van der Waals surface area contributed by atoms with E-state index in [0.717, 1.165) is 22.2 Å². The molecule has 0 saturated carbocycles. The second kappa shape index (κ2) is 8.25. The minimum Gasteiger partial charge on any atom is -0.340 e. The molecule has 0 fully saturated rings. The molecule has 152 valence electrons. The first-order valence-electron chi connectivity index (χ1n) is 9.67. The van der Waals surface area contributed by atoms with E-state index in [-0.39, 0.29) is 11.5 Å². The zero-order chi connectivity index (χ0) is 22.0. The van der Waals surface area contributed by atoms with E-state index in [9.17, 15) is 19.8 Å². The van der Waals surface area contributed by atoms with Gasteiger partial charge >= 0.3 is 0 Å². The average molecular weight is 411 g/mol. The van der Waals surface area contributed by atoms with Crippen LogP contribution in [-0.4, -0.2) is 9.49 Å². The van der Waals surface area contributed by atoms with Crippen LogP contribution in [0.4, 0.5) is 10.1 Å². The van der Waals surface area contributed by atoms with E-state index in [1.807, 2.05) is 41.8 Å². The number of halogens is 1. The quantitative estimate of drug-likeness (QED) is 0.226. The first kappa shape index (κ1) is 20.0. The van der Waals surface area contributed by atoms with Gasteiger partial charge < -0.3 is 4.57 Å². The van der Waals surface area contributed by atoms with E-state index < -0.39 is 4.92 Å². The Kier molecular flexibility index (Phi) is 5.33. The van der Waals surface area contributed by atoms with Crippen molar-refractivity contribution in [1.82, 2.24) is 4.57 Å². The van der Waals surface area contributed by atoms with Crippen LogP contribution in [0, 0.1) is 34.2 Å². The maximum Gasteiger partial charge on any atom is 0.269 e. The van der Waals surface area contributed by atoms with Gasteiger partial charge in [-0.25, -0.2) is 4.39 Å². The number of nitriles is 1. The summed E-state index contributed by atoms with van der Waals surface area (Å²) in [5.41, 5.74) is 4.25. The van der Waals surface area contributed by atoms with Crippen LogP contribution >= 0.6 is 0 Å². The lowest BCUT2D eigenvalue weighted by Gasteiger charge is -2.09. The highest BCUT2D eigenvalue weighted by Gasteiger charge is 2.15. The minimum atomic E-state index is -0.472. The third kappa shape index (κ3) is 3.81. The van der Waals surface area contributed by atoms with Crippen molar-refractivity contribution in [2.75, 3.05) is 0 Å². The Morgan fingerprint density at radius 1 is 1.10 bits per heavy atom. The number of aromatic nitrogens is 1. The maximum absolute atomic E-state index is 14.3. The number of non-ortho nitro benzene ring substituents is 1. The summed E-state index contributed by atoms with van der Waals surface area (Å²) in [6.45, 7) is 2.31. The lowest BCUT2D eigenvalue weighted by Crippen LogP contribution is -2.03. The molecule has 4 aromatic rings. The van der Waals surface area contributed by atoms with Crippen molar-refractivity contribution in [3.63, 3.8) is 0 Å². The molecule has 0 saturated heterocycles. The molecular formula is C25H18FN3O2. The predicted octanol–water partition coefficient (Wildman–Crippen LogP) is 6.11. The molecule has 0 N–H and O–H groups in total. The van der Waals surface area contributed by atoms with Crippen LogP contribution in [0.1, 0.15) is 22.4 Å². The van der Waals surface area contributed by atoms with Crippen LogP contribution in [0.3, 0.4) is 0 Å². The van der Waals surface area contributed by atoms with Crippen LogP contribution in [0.2, 0.25) is 0 Å². The number of hydrogen-bond donors (Lipinski definition) is 0. The van der Waals surface area contributed by atoms with Crippen LogP contribution < -0.4 is 0 Å². The summed E-state index contributed by atoms with van der Waals surface area (Å²) >= 11 is 0. The Morgan fingerprint density at radius 3 is 2.45 bits per heavy atom. The van der Waals surface area contributed by atoms with Gasteiger partial charge in [0.2, 0.25) is 0 Å². The molecule has 0 aliphatic carbocycles. The topological polar surface area (TPSA) is 71.9 Å². The van der Waals surface area contributed by atoms with Gasteiger partial charge in [0.1, 0.15) is 5.82 Å². The highest BCUT2D eigenvalue weighted by molar-refractivity contribution is 5.99. The zero-order valence-electron chi connectivity index (χ0n) is 16.7. The number of rotatable bonds is 5. The number of nitro groups is 1. The van der Waals surface area contributed by atoms with Crippen molar-refractivity contribution in [2.24, 2.45) is 0 Å². The van der Waals surface area contributed by atoms with Gasteiger partial charge in [0.25, 0.3) is 5.69 Å². The fourth-order valence-electron chi connectivity index (χ4n) is 3.73. The number of benzene rings is 3. The van der Waals surface area contributed by atoms with Crippen molar-refractivity contribution in [3.8, 4) is 6.07 Å². The second-order valence-electron chi connectivity index (χ2n) is 7.17. The summed E-state index contributed by atoms with van der Waals surface area (Å²) in [4.78, 5) is 10.4. The molecule has 0 atom stereocenters. The second-order valence-corrected chi connectivity index (χ2v) is 7.17.